The topological polar surface area (TPSA) is 70.2 Å². The highest BCUT2D eigenvalue weighted by molar-refractivity contribution is 6.04. The van der Waals surface area contributed by atoms with E-state index in [0.717, 1.165) is 29.7 Å². The minimum absolute atomic E-state index is 0.139. The molecule has 6 nitrogen and oxygen atoms in total. The van der Waals surface area contributed by atoms with Crippen molar-refractivity contribution in [1.29, 1.82) is 0 Å². The van der Waals surface area contributed by atoms with Crippen LogP contribution in [0, 0.1) is 0 Å². The average molecular weight is 378 g/mol. The van der Waals surface area contributed by atoms with E-state index < -0.39 is 0 Å². The maximum Gasteiger partial charge on any atom is 0.272 e. The number of nitrogens with one attached hydrogen (secondary N) is 2. The number of aromatic amines is 1. The molecule has 146 valence electrons. The van der Waals surface area contributed by atoms with Gasteiger partial charge in [0.25, 0.3) is 5.91 Å². The number of nitrogens with zero attached hydrogens (tertiary/aromatic N) is 2. The van der Waals surface area contributed by atoms with E-state index in [-0.39, 0.29) is 11.9 Å². The Morgan fingerprint density at radius 2 is 1.89 bits per heavy atom. The summed E-state index contributed by atoms with van der Waals surface area (Å²) in [4.78, 5) is 15.3. The largest absolute Gasteiger partial charge is 0.497 e. The van der Waals surface area contributed by atoms with Gasteiger partial charge in [0, 0.05) is 11.9 Å². The number of para-hydroxylation sites is 1. The van der Waals surface area contributed by atoms with Crippen molar-refractivity contribution in [3.63, 3.8) is 0 Å². The number of fused-ring (bicyclic) bond motifs is 1. The predicted molar refractivity (Wildman–Crippen MR) is 110 cm³/mol. The van der Waals surface area contributed by atoms with Crippen molar-refractivity contribution in [2.24, 2.45) is 0 Å². The molecule has 4 rings (SSSR count). The summed E-state index contributed by atoms with van der Waals surface area (Å²) in [5.74, 6) is 0.696. The van der Waals surface area contributed by atoms with Gasteiger partial charge in [-0.2, -0.15) is 5.10 Å². The van der Waals surface area contributed by atoms with E-state index in [2.05, 4.69) is 32.5 Å². The standard InChI is InChI=1S/C22H26N4O2/c1-28-17-11-9-16(10-12-17)20(26-13-5-2-6-14-26)15-23-22(27)21-18-7-3-4-8-19(18)24-25-21/h3-4,7-12,20H,2,5-6,13-15H2,1H3,(H,23,27)(H,24,25). The zero-order chi connectivity index (χ0) is 19.3. The summed E-state index contributed by atoms with van der Waals surface area (Å²) in [5, 5.41) is 11.1. The molecular weight excluding hydrogens is 352 g/mol. The first-order valence-corrected chi connectivity index (χ1v) is 9.85. The molecule has 1 amide bonds. The van der Waals surface area contributed by atoms with Crippen LogP contribution in [0.3, 0.4) is 0 Å². The lowest BCUT2D eigenvalue weighted by Gasteiger charge is -2.35. The number of carbonyl (C=O) groups excluding carboxylic acids is 1. The number of H-pyrrole nitrogens is 1. The van der Waals surface area contributed by atoms with Gasteiger partial charge in [-0.3, -0.25) is 14.8 Å². The van der Waals surface area contributed by atoms with Crippen LogP contribution >= 0.6 is 0 Å². The van der Waals surface area contributed by atoms with Crippen LogP contribution in [0.25, 0.3) is 10.9 Å². The molecule has 28 heavy (non-hydrogen) atoms. The number of hydrogen-bond acceptors (Lipinski definition) is 4. The molecule has 0 bridgehead atoms. The second kappa shape index (κ2) is 8.44. The molecule has 2 heterocycles. The number of piperidine rings is 1. The van der Waals surface area contributed by atoms with Crippen molar-refractivity contribution in [3.8, 4) is 5.75 Å². The van der Waals surface area contributed by atoms with Gasteiger partial charge >= 0.3 is 0 Å². The predicted octanol–water partition coefficient (Wildman–Crippen LogP) is 3.53. The van der Waals surface area contributed by atoms with Crippen LogP contribution < -0.4 is 10.1 Å². The Kier molecular flexibility index (Phi) is 5.58. The van der Waals surface area contributed by atoms with E-state index in [0.29, 0.717) is 12.2 Å². The Morgan fingerprint density at radius 3 is 2.64 bits per heavy atom. The van der Waals surface area contributed by atoms with E-state index in [1.54, 1.807) is 7.11 Å². The quantitative estimate of drug-likeness (QED) is 0.688. The Labute approximate surface area is 164 Å². The second-order valence-electron chi connectivity index (χ2n) is 7.21. The van der Waals surface area contributed by atoms with Gasteiger partial charge in [-0.05, 0) is 49.7 Å². The summed E-state index contributed by atoms with van der Waals surface area (Å²) < 4.78 is 5.29. The highest BCUT2D eigenvalue weighted by Crippen LogP contribution is 2.26. The maximum absolute atomic E-state index is 12.8. The van der Waals surface area contributed by atoms with Crippen molar-refractivity contribution in [2.75, 3.05) is 26.7 Å². The zero-order valence-corrected chi connectivity index (χ0v) is 16.1. The van der Waals surface area contributed by atoms with Gasteiger partial charge in [0.1, 0.15) is 5.75 Å². The van der Waals surface area contributed by atoms with Crippen LogP contribution in [0.2, 0.25) is 0 Å². The summed E-state index contributed by atoms with van der Waals surface area (Å²) in [6.45, 7) is 2.65. The molecule has 1 aliphatic heterocycles. The van der Waals surface area contributed by atoms with Crippen molar-refractivity contribution in [1.82, 2.24) is 20.4 Å². The Hall–Kier alpha value is -2.86. The third-order valence-electron chi connectivity index (χ3n) is 5.47. The third-order valence-corrected chi connectivity index (χ3v) is 5.47. The lowest BCUT2D eigenvalue weighted by Crippen LogP contribution is -2.40. The molecule has 1 fully saturated rings. The molecule has 1 atom stereocenters. The van der Waals surface area contributed by atoms with Crippen molar-refractivity contribution >= 4 is 16.8 Å². The highest BCUT2D eigenvalue weighted by atomic mass is 16.5. The van der Waals surface area contributed by atoms with Crippen LogP contribution in [0.15, 0.2) is 48.5 Å². The summed E-state index contributed by atoms with van der Waals surface area (Å²) in [5.41, 5.74) is 2.51. The van der Waals surface area contributed by atoms with E-state index >= 15 is 0 Å². The molecule has 1 unspecified atom stereocenters. The number of rotatable bonds is 6. The molecule has 0 radical (unpaired) electrons. The fourth-order valence-corrected chi connectivity index (χ4v) is 3.92. The first-order chi connectivity index (χ1) is 13.8. The Balaban J connectivity index is 1.52. The smallest absolute Gasteiger partial charge is 0.272 e. The summed E-state index contributed by atoms with van der Waals surface area (Å²) >= 11 is 0. The van der Waals surface area contributed by atoms with Gasteiger partial charge in [-0.15, -0.1) is 0 Å². The normalized spacial score (nSPS) is 16.0. The van der Waals surface area contributed by atoms with Gasteiger partial charge < -0.3 is 10.1 Å². The number of carbonyl (C=O) groups is 1. The van der Waals surface area contributed by atoms with Crippen LogP contribution in [-0.2, 0) is 0 Å². The molecule has 1 saturated heterocycles. The molecule has 0 spiro atoms. The zero-order valence-electron chi connectivity index (χ0n) is 16.1. The number of likely N-dealkylation sites (tertiary alicyclic amines) is 1. The minimum Gasteiger partial charge on any atom is -0.497 e. The van der Waals surface area contributed by atoms with Crippen LogP contribution in [-0.4, -0.2) is 47.7 Å². The van der Waals surface area contributed by atoms with E-state index in [1.807, 2.05) is 36.4 Å². The Morgan fingerprint density at radius 1 is 1.14 bits per heavy atom. The number of methoxy groups -OCH3 is 1. The number of amides is 1. The lowest BCUT2D eigenvalue weighted by molar-refractivity contribution is 0.0921. The van der Waals surface area contributed by atoms with Crippen LogP contribution in [0.1, 0.15) is 41.4 Å². The Bertz CT molecular complexity index is 929. The highest BCUT2D eigenvalue weighted by Gasteiger charge is 2.24. The summed E-state index contributed by atoms with van der Waals surface area (Å²) in [6, 6.07) is 16.0. The van der Waals surface area contributed by atoms with Gasteiger partial charge in [-0.25, -0.2) is 0 Å². The van der Waals surface area contributed by atoms with Crippen LogP contribution in [0.4, 0.5) is 0 Å². The third kappa shape index (κ3) is 3.87. The molecular formula is C22H26N4O2. The SMILES string of the molecule is COc1ccc(C(CNC(=O)c2n[nH]c3ccccc23)N2CCCCC2)cc1. The summed E-state index contributed by atoms with van der Waals surface area (Å²) in [6.07, 6.45) is 3.67. The van der Waals surface area contributed by atoms with E-state index in [1.165, 1.54) is 24.8 Å². The van der Waals surface area contributed by atoms with Crippen molar-refractivity contribution in [3.05, 3.63) is 59.8 Å². The van der Waals surface area contributed by atoms with Gasteiger partial charge in [0.15, 0.2) is 5.69 Å². The second-order valence-corrected chi connectivity index (χ2v) is 7.21. The lowest BCUT2D eigenvalue weighted by atomic mass is 10.0. The maximum atomic E-state index is 12.8. The fourth-order valence-electron chi connectivity index (χ4n) is 3.92. The number of ether oxygens (including phenoxy) is 1. The number of hydrogen-bond donors (Lipinski definition) is 2. The van der Waals surface area contributed by atoms with Gasteiger partial charge in [-0.1, -0.05) is 36.8 Å². The van der Waals surface area contributed by atoms with E-state index in [4.69, 9.17) is 4.74 Å². The number of aromatic nitrogens is 2. The average Bonchev–Trinajstić information content (AvgIpc) is 3.19. The van der Waals surface area contributed by atoms with Gasteiger partial charge in [0.2, 0.25) is 0 Å². The monoisotopic (exact) mass is 378 g/mol. The van der Waals surface area contributed by atoms with Gasteiger partial charge in [0.05, 0.1) is 18.7 Å². The fraction of sp³-hybridized carbons (Fsp3) is 0.364. The summed E-state index contributed by atoms with van der Waals surface area (Å²) in [7, 11) is 1.67. The molecule has 6 heteroatoms. The minimum atomic E-state index is -0.145. The molecule has 2 N–H and O–H groups in total. The molecule has 1 aliphatic rings. The van der Waals surface area contributed by atoms with Crippen molar-refractivity contribution < 1.29 is 9.53 Å². The van der Waals surface area contributed by atoms with E-state index in [9.17, 15) is 4.79 Å². The number of benzene rings is 2. The molecule has 0 aliphatic carbocycles. The molecule has 2 aromatic carbocycles. The first kappa shape index (κ1) is 18.5. The first-order valence-electron chi connectivity index (χ1n) is 9.85. The van der Waals surface area contributed by atoms with Crippen molar-refractivity contribution in [2.45, 2.75) is 25.3 Å². The molecule has 0 saturated carbocycles. The van der Waals surface area contributed by atoms with Crippen LogP contribution in [0.5, 0.6) is 5.75 Å². The molecule has 1 aromatic heterocycles. The molecule has 3 aromatic rings.